The van der Waals surface area contributed by atoms with E-state index in [9.17, 15) is 9.59 Å². The van der Waals surface area contributed by atoms with Gasteiger partial charge in [-0.3, -0.25) is 15.0 Å². The van der Waals surface area contributed by atoms with E-state index in [1.165, 1.54) is 0 Å². The first-order valence-electron chi connectivity index (χ1n) is 5.73. The van der Waals surface area contributed by atoms with Crippen molar-refractivity contribution in [3.8, 4) is 0 Å². The zero-order chi connectivity index (χ0) is 13.3. The first-order valence-corrected chi connectivity index (χ1v) is 5.73. The van der Waals surface area contributed by atoms with Crippen LogP contribution in [-0.2, 0) is 6.54 Å². The van der Waals surface area contributed by atoms with Crippen LogP contribution in [0.2, 0.25) is 0 Å². The molecular weight excluding hydrogens is 230 g/mol. The van der Waals surface area contributed by atoms with Gasteiger partial charge < -0.3 is 4.57 Å². The molecule has 0 aliphatic rings. The van der Waals surface area contributed by atoms with Gasteiger partial charge >= 0.3 is 0 Å². The molecule has 1 aromatic carbocycles. The van der Waals surface area contributed by atoms with Crippen molar-refractivity contribution in [2.75, 3.05) is 0 Å². The third-order valence-electron chi connectivity index (χ3n) is 2.95. The Morgan fingerprint density at radius 1 is 1.44 bits per heavy atom. The van der Waals surface area contributed by atoms with Gasteiger partial charge in [0.15, 0.2) is 0 Å². The number of aromatic nitrogens is 1. The number of benzene rings is 1. The third-order valence-corrected chi connectivity index (χ3v) is 2.95. The number of pyridine rings is 1. The summed E-state index contributed by atoms with van der Waals surface area (Å²) in [4.78, 5) is 23.8. The van der Waals surface area contributed by atoms with Crippen LogP contribution in [-0.4, -0.2) is 10.5 Å². The monoisotopic (exact) mass is 245 g/mol. The first-order chi connectivity index (χ1) is 8.58. The molecule has 5 heteroatoms. The van der Waals surface area contributed by atoms with Crippen molar-refractivity contribution >= 4 is 16.8 Å². The molecule has 2 aromatic rings. The second kappa shape index (κ2) is 4.62. The standard InChI is InChI=1S/C13H15N3O2/c1-3-16-7-10(13(18)15-14)12(17)9-6-8(2)4-5-11(9)16/h4-7H,3,14H2,1-2H3,(H,15,18). The Hall–Kier alpha value is -2.14. The van der Waals surface area contributed by atoms with Gasteiger partial charge in [0.2, 0.25) is 5.43 Å². The summed E-state index contributed by atoms with van der Waals surface area (Å²) in [5, 5.41) is 0.540. The average molecular weight is 245 g/mol. The minimum absolute atomic E-state index is 0.0671. The maximum absolute atomic E-state index is 12.2. The molecule has 5 nitrogen and oxygen atoms in total. The number of hydrogen-bond acceptors (Lipinski definition) is 3. The molecule has 1 aromatic heterocycles. The summed E-state index contributed by atoms with van der Waals surface area (Å²) in [6, 6.07) is 5.62. The number of carbonyl (C=O) groups excluding carboxylic acids is 1. The fourth-order valence-corrected chi connectivity index (χ4v) is 2.01. The SMILES string of the molecule is CCn1cc(C(=O)NN)c(=O)c2cc(C)ccc21. The molecule has 0 radical (unpaired) electrons. The van der Waals surface area contributed by atoms with E-state index in [4.69, 9.17) is 5.84 Å². The van der Waals surface area contributed by atoms with Crippen LogP contribution < -0.4 is 16.7 Å². The van der Waals surface area contributed by atoms with Gasteiger partial charge in [-0.15, -0.1) is 0 Å². The first kappa shape index (κ1) is 12.3. The van der Waals surface area contributed by atoms with E-state index < -0.39 is 5.91 Å². The van der Waals surface area contributed by atoms with Crippen molar-refractivity contribution in [3.63, 3.8) is 0 Å². The number of hydrogen-bond donors (Lipinski definition) is 2. The van der Waals surface area contributed by atoms with E-state index in [0.29, 0.717) is 11.9 Å². The van der Waals surface area contributed by atoms with Gasteiger partial charge in [-0.05, 0) is 26.0 Å². The quantitative estimate of drug-likeness (QED) is 0.469. The number of aryl methyl sites for hydroxylation is 2. The number of hydrazine groups is 1. The number of nitrogens with zero attached hydrogens (tertiary/aromatic N) is 1. The van der Waals surface area contributed by atoms with E-state index in [2.05, 4.69) is 0 Å². The molecule has 0 saturated heterocycles. The minimum atomic E-state index is -0.564. The van der Waals surface area contributed by atoms with Crippen molar-refractivity contribution in [2.45, 2.75) is 20.4 Å². The van der Waals surface area contributed by atoms with E-state index in [0.717, 1.165) is 11.1 Å². The van der Waals surface area contributed by atoms with Crippen LogP contribution in [0.5, 0.6) is 0 Å². The highest BCUT2D eigenvalue weighted by Gasteiger charge is 2.13. The number of nitrogens with one attached hydrogen (secondary N) is 1. The highest BCUT2D eigenvalue weighted by atomic mass is 16.2. The molecule has 0 aliphatic carbocycles. The van der Waals surface area contributed by atoms with Crippen molar-refractivity contribution in [1.82, 2.24) is 9.99 Å². The lowest BCUT2D eigenvalue weighted by Crippen LogP contribution is -2.34. The fourth-order valence-electron chi connectivity index (χ4n) is 2.01. The van der Waals surface area contributed by atoms with Gasteiger partial charge in [-0.1, -0.05) is 11.6 Å². The van der Waals surface area contributed by atoms with E-state index in [1.54, 1.807) is 12.3 Å². The number of amides is 1. The van der Waals surface area contributed by atoms with Crippen LogP contribution in [0, 0.1) is 6.92 Å². The second-order valence-electron chi connectivity index (χ2n) is 4.15. The van der Waals surface area contributed by atoms with E-state index in [1.807, 2.05) is 36.0 Å². The molecule has 94 valence electrons. The number of rotatable bonds is 2. The molecule has 2 rings (SSSR count). The van der Waals surface area contributed by atoms with Crippen molar-refractivity contribution < 1.29 is 4.79 Å². The fraction of sp³-hybridized carbons (Fsp3) is 0.231. The summed E-state index contributed by atoms with van der Waals surface area (Å²) in [5.74, 6) is 4.53. The molecule has 3 N–H and O–H groups in total. The largest absolute Gasteiger partial charge is 0.347 e. The maximum atomic E-state index is 12.2. The van der Waals surface area contributed by atoms with Crippen LogP contribution >= 0.6 is 0 Å². The predicted molar refractivity (Wildman–Crippen MR) is 70.3 cm³/mol. The summed E-state index contributed by atoms with van der Waals surface area (Å²) in [5.41, 5.74) is 3.58. The van der Waals surface area contributed by atoms with Crippen LogP contribution in [0.25, 0.3) is 10.9 Å². The van der Waals surface area contributed by atoms with Gasteiger partial charge in [0, 0.05) is 18.1 Å². The average Bonchev–Trinajstić information content (AvgIpc) is 2.39. The second-order valence-corrected chi connectivity index (χ2v) is 4.15. The lowest BCUT2D eigenvalue weighted by Gasteiger charge is -2.11. The van der Waals surface area contributed by atoms with Crippen molar-refractivity contribution in [1.29, 1.82) is 0 Å². The molecule has 0 aliphatic heterocycles. The summed E-state index contributed by atoms with van der Waals surface area (Å²) >= 11 is 0. The summed E-state index contributed by atoms with van der Waals surface area (Å²) in [6.07, 6.45) is 1.54. The Kier molecular flexibility index (Phi) is 3.16. The highest BCUT2D eigenvalue weighted by molar-refractivity contribution is 5.97. The molecule has 0 unspecified atom stereocenters. The van der Waals surface area contributed by atoms with Gasteiger partial charge in [-0.2, -0.15) is 0 Å². The lowest BCUT2D eigenvalue weighted by molar-refractivity contribution is 0.0952. The van der Waals surface area contributed by atoms with Crippen LogP contribution in [0.3, 0.4) is 0 Å². The Morgan fingerprint density at radius 3 is 2.78 bits per heavy atom. The van der Waals surface area contributed by atoms with E-state index >= 15 is 0 Å². The summed E-state index contributed by atoms with van der Waals surface area (Å²) in [7, 11) is 0. The molecule has 0 spiro atoms. The Balaban J connectivity index is 2.88. The number of nitrogen functional groups attached to an aromatic ring is 1. The molecule has 0 bridgehead atoms. The number of fused-ring (bicyclic) bond motifs is 1. The van der Waals surface area contributed by atoms with Gasteiger partial charge in [0.25, 0.3) is 5.91 Å². The van der Waals surface area contributed by atoms with Crippen LogP contribution in [0.15, 0.2) is 29.2 Å². The highest BCUT2D eigenvalue weighted by Crippen LogP contribution is 2.14. The molecule has 0 fully saturated rings. The van der Waals surface area contributed by atoms with Crippen LogP contribution in [0.1, 0.15) is 22.8 Å². The minimum Gasteiger partial charge on any atom is -0.347 e. The number of nitrogens with two attached hydrogens (primary N) is 1. The summed E-state index contributed by atoms with van der Waals surface area (Å²) in [6.45, 7) is 4.53. The third kappa shape index (κ3) is 1.89. The number of carbonyl (C=O) groups is 1. The molecule has 1 heterocycles. The molecule has 0 saturated carbocycles. The van der Waals surface area contributed by atoms with Gasteiger partial charge in [0.1, 0.15) is 5.56 Å². The Bertz CT molecular complexity index is 674. The molecule has 18 heavy (non-hydrogen) atoms. The molecule has 1 amide bonds. The van der Waals surface area contributed by atoms with Gasteiger partial charge in [0.05, 0.1) is 5.52 Å². The summed E-state index contributed by atoms with van der Waals surface area (Å²) < 4.78 is 1.86. The van der Waals surface area contributed by atoms with Crippen molar-refractivity contribution in [3.05, 3.63) is 45.7 Å². The van der Waals surface area contributed by atoms with Crippen LogP contribution in [0.4, 0.5) is 0 Å². The Morgan fingerprint density at radius 2 is 2.17 bits per heavy atom. The lowest BCUT2D eigenvalue weighted by atomic mass is 10.1. The Labute approximate surface area is 104 Å². The maximum Gasteiger partial charge on any atom is 0.270 e. The molecule has 0 atom stereocenters. The zero-order valence-corrected chi connectivity index (χ0v) is 10.4. The van der Waals surface area contributed by atoms with Gasteiger partial charge in [-0.25, -0.2) is 5.84 Å². The predicted octanol–water partition coefficient (Wildman–Crippen LogP) is 0.933. The topological polar surface area (TPSA) is 77.1 Å². The zero-order valence-electron chi connectivity index (χ0n) is 10.4. The normalized spacial score (nSPS) is 10.6. The van der Waals surface area contributed by atoms with Crippen molar-refractivity contribution in [2.24, 2.45) is 5.84 Å². The van der Waals surface area contributed by atoms with E-state index in [-0.39, 0.29) is 11.0 Å². The molecular formula is C13H15N3O2. The smallest absolute Gasteiger partial charge is 0.270 e.